The molecule has 2 fully saturated rings. The van der Waals surface area contributed by atoms with Crippen molar-refractivity contribution in [3.63, 3.8) is 0 Å². The number of hydrogen-bond acceptors (Lipinski definition) is 4. The predicted octanol–water partition coefficient (Wildman–Crippen LogP) is 5.47. The number of carbonyl (C=O) groups is 1. The Labute approximate surface area is 207 Å². The molecular formula is C26H33Cl2FN2O2. The normalized spacial score (nSPS) is 21.1. The maximum Gasteiger partial charge on any atom is 0.180 e. The van der Waals surface area contributed by atoms with E-state index < -0.39 is 17.9 Å². The van der Waals surface area contributed by atoms with Gasteiger partial charge in [-0.15, -0.1) is 12.4 Å². The van der Waals surface area contributed by atoms with Crippen LogP contribution >= 0.6 is 24.0 Å². The van der Waals surface area contributed by atoms with Crippen molar-refractivity contribution >= 4 is 29.8 Å². The van der Waals surface area contributed by atoms with Crippen LogP contribution < -0.4 is 0 Å². The van der Waals surface area contributed by atoms with Crippen molar-refractivity contribution in [2.24, 2.45) is 0 Å². The first kappa shape index (κ1) is 26.1. The number of rotatable bonds is 7. The first-order valence-electron chi connectivity index (χ1n) is 11.7. The van der Waals surface area contributed by atoms with E-state index >= 15 is 4.39 Å². The standard InChI is InChI=1S/C26H32ClFN2O2.ClH/c27-22-11-9-21(10-12-22)26(32)13-17-30(18-14-26)24(28)19-23(29-15-5-2-6-16-29)25(31)20-7-3-1-4-8-20;/h1,3-4,7-12,23-24,32H,2,5-6,13-19H2;1H. The molecule has 0 spiro atoms. The van der Waals surface area contributed by atoms with Crippen LogP contribution in [0, 0.1) is 0 Å². The summed E-state index contributed by atoms with van der Waals surface area (Å²) in [5.41, 5.74) is 0.501. The van der Waals surface area contributed by atoms with Gasteiger partial charge in [-0.25, -0.2) is 4.39 Å². The summed E-state index contributed by atoms with van der Waals surface area (Å²) < 4.78 is 15.5. The number of benzene rings is 2. The van der Waals surface area contributed by atoms with Crippen molar-refractivity contribution in [3.8, 4) is 0 Å². The fraction of sp³-hybridized carbons (Fsp3) is 0.500. The van der Waals surface area contributed by atoms with Gasteiger partial charge in [0.1, 0.15) is 0 Å². The Morgan fingerprint density at radius 3 is 2.15 bits per heavy atom. The molecule has 0 saturated carbocycles. The lowest BCUT2D eigenvalue weighted by Gasteiger charge is -2.41. The van der Waals surface area contributed by atoms with E-state index in [-0.39, 0.29) is 24.6 Å². The molecule has 33 heavy (non-hydrogen) atoms. The molecule has 2 heterocycles. The largest absolute Gasteiger partial charge is 0.385 e. The lowest BCUT2D eigenvalue weighted by Crippen LogP contribution is -2.50. The molecule has 2 aliphatic rings. The molecule has 2 saturated heterocycles. The summed E-state index contributed by atoms with van der Waals surface area (Å²) in [7, 11) is 0. The summed E-state index contributed by atoms with van der Waals surface area (Å²) in [4.78, 5) is 17.2. The summed E-state index contributed by atoms with van der Waals surface area (Å²) >= 11 is 5.97. The summed E-state index contributed by atoms with van der Waals surface area (Å²) in [6.07, 6.45) is 3.11. The van der Waals surface area contributed by atoms with Crippen molar-refractivity contribution in [3.05, 3.63) is 70.7 Å². The van der Waals surface area contributed by atoms with E-state index in [9.17, 15) is 9.90 Å². The van der Waals surface area contributed by atoms with Crippen molar-refractivity contribution in [2.75, 3.05) is 26.2 Å². The lowest BCUT2D eigenvalue weighted by atomic mass is 9.84. The highest BCUT2D eigenvalue weighted by atomic mass is 35.5. The van der Waals surface area contributed by atoms with Crippen LogP contribution in [-0.4, -0.2) is 59.2 Å². The van der Waals surface area contributed by atoms with Crippen LogP contribution in [0.4, 0.5) is 4.39 Å². The van der Waals surface area contributed by atoms with E-state index in [2.05, 4.69) is 4.90 Å². The first-order chi connectivity index (χ1) is 15.5. The Kier molecular flexibility index (Phi) is 9.31. The first-order valence-corrected chi connectivity index (χ1v) is 12.0. The van der Waals surface area contributed by atoms with Crippen LogP contribution in [-0.2, 0) is 5.60 Å². The molecule has 0 aromatic heterocycles. The van der Waals surface area contributed by atoms with Crippen molar-refractivity contribution in [1.29, 1.82) is 0 Å². The molecule has 180 valence electrons. The van der Waals surface area contributed by atoms with Gasteiger partial charge in [0, 0.05) is 30.1 Å². The minimum atomic E-state index is -1.22. The summed E-state index contributed by atoms with van der Waals surface area (Å²) in [6, 6.07) is 16.0. The van der Waals surface area contributed by atoms with E-state index in [4.69, 9.17) is 11.6 Å². The van der Waals surface area contributed by atoms with E-state index in [0.717, 1.165) is 37.9 Å². The summed E-state index contributed by atoms with van der Waals surface area (Å²) in [5, 5.41) is 11.7. The van der Waals surface area contributed by atoms with Gasteiger partial charge in [-0.05, 0) is 56.5 Å². The number of halogens is 3. The minimum absolute atomic E-state index is 0. The number of nitrogens with zero attached hydrogens (tertiary/aromatic N) is 2. The zero-order valence-electron chi connectivity index (χ0n) is 18.8. The molecule has 2 aromatic rings. The Hall–Kier alpha value is -1.50. The quantitative estimate of drug-likeness (QED) is 0.409. The molecule has 2 aliphatic heterocycles. The van der Waals surface area contributed by atoms with Crippen LogP contribution in [0.3, 0.4) is 0 Å². The van der Waals surface area contributed by atoms with Crippen LogP contribution in [0.2, 0.25) is 5.02 Å². The predicted molar refractivity (Wildman–Crippen MR) is 133 cm³/mol. The van der Waals surface area contributed by atoms with Gasteiger partial charge in [0.05, 0.1) is 11.6 Å². The van der Waals surface area contributed by atoms with Gasteiger partial charge in [-0.3, -0.25) is 14.6 Å². The van der Waals surface area contributed by atoms with Gasteiger partial charge in [-0.1, -0.05) is 60.5 Å². The minimum Gasteiger partial charge on any atom is -0.385 e. The van der Waals surface area contributed by atoms with Gasteiger partial charge in [0.15, 0.2) is 12.1 Å². The molecule has 7 heteroatoms. The van der Waals surface area contributed by atoms with Crippen LogP contribution in [0.25, 0.3) is 0 Å². The smallest absolute Gasteiger partial charge is 0.180 e. The molecule has 4 nitrogen and oxygen atoms in total. The number of piperidine rings is 2. The SMILES string of the molecule is Cl.O=C(c1ccccc1)C(CC(F)N1CCC(O)(c2ccc(Cl)cc2)CC1)N1CCCCC1. The Morgan fingerprint density at radius 1 is 0.939 bits per heavy atom. The Balaban J connectivity index is 0.00000306. The zero-order valence-corrected chi connectivity index (χ0v) is 20.4. The molecule has 2 unspecified atom stereocenters. The molecule has 4 rings (SSSR count). The molecule has 0 aliphatic carbocycles. The fourth-order valence-electron chi connectivity index (χ4n) is 5.00. The van der Waals surface area contributed by atoms with Crippen molar-refractivity contribution in [2.45, 2.75) is 56.5 Å². The summed E-state index contributed by atoms with van der Waals surface area (Å²) in [6.45, 7) is 2.58. The van der Waals surface area contributed by atoms with Gasteiger partial charge in [0.25, 0.3) is 0 Å². The molecule has 0 radical (unpaired) electrons. The average Bonchev–Trinajstić information content (AvgIpc) is 2.84. The van der Waals surface area contributed by atoms with Gasteiger partial charge >= 0.3 is 0 Å². The third-order valence-electron chi connectivity index (χ3n) is 7.01. The molecule has 1 N–H and O–H groups in total. The number of alkyl halides is 1. The number of carbonyl (C=O) groups excluding carboxylic acids is 1. The Morgan fingerprint density at radius 2 is 1.55 bits per heavy atom. The van der Waals surface area contributed by atoms with Crippen molar-refractivity contribution in [1.82, 2.24) is 9.80 Å². The molecule has 2 aromatic carbocycles. The topological polar surface area (TPSA) is 43.8 Å². The molecule has 0 amide bonds. The highest BCUT2D eigenvalue weighted by molar-refractivity contribution is 6.30. The maximum atomic E-state index is 15.5. The molecule has 2 atom stereocenters. The zero-order chi connectivity index (χ0) is 22.6. The second-order valence-corrected chi connectivity index (χ2v) is 9.52. The second-order valence-electron chi connectivity index (χ2n) is 9.09. The Bertz CT molecular complexity index is 883. The number of likely N-dealkylation sites (tertiary alicyclic amines) is 2. The molecule has 0 bridgehead atoms. The monoisotopic (exact) mass is 494 g/mol. The van der Waals surface area contributed by atoms with Gasteiger partial charge in [0.2, 0.25) is 0 Å². The highest BCUT2D eigenvalue weighted by Gasteiger charge is 2.38. The third-order valence-corrected chi connectivity index (χ3v) is 7.27. The van der Waals surface area contributed by atoms with E-state index in [1.54, 1.807) is 17.0 Å². The van der Waals surface area contributed by atoms with Crippen LogP contribution in [0.15, 0.2) is 54.6 Å². The lowest BCUT2D eigenvalue weighted by molar-refractivity contribution is -0.0598. The van der Waals surface area contributed by atoms with E-state index in [0.29, 0.717) is 36.5 Å². The second kappa shape index (κ2) is 11.8. The average molecular weight is 495 g/mol. The number of Topliss-reactive ketones (excluding diaryl/α,β-unsaturated/α-hetero) is 1. The number of hydrogen-bond donors (Lipinski definition) is 1. The third kappa shape index (κ3) is 6.34. The van der Waals surface area contributed by atoms with E-state index in [1.807, 2.05) is 42.5 Å². The highest BCUT2D eigenvalue weighted by Crippen LogP contribution is 2.35. The summed E-state index contributed by atoms with van der Waals surface area (Å²) in [5.74, 6) is 0.00447. The van der Waals surface area contributed by atoms with Gasteiger partial charge < -0.3 is 5.11 Å². The maximum absolute atomic E-state index is 15.5. The molecular weight excluding hydrogens is 462 g/mol. The van der Waals surface area contributed by atoms with Crippen LogP contribution in [0.1, 0.15) is 54.4 Å². The van der Waals surface area contributed by atoms with Crippen molar-refractivity contribution < 1.29 is 14.3 Å². The number of aliphatic hydroxyl groups is 1. The van der Waals surface area contributed by atoms with Gasteiger partial charge in [-0.2, -0.15) is 0 Å². The number of ketones is 1. The van der Waals surface area contributed by atoms with Crippen LogP contribution in [0.5, 0.6) is 0 Å². The fourth-order valence-corrected chi connectivity index (χ4v) is 5.13. The van der Waals surface area contributed by atoms with E-state index in [1.165, 1.54) is 0 Å².